The first-order valence-electron chi connectivity index (χ1n) is 12.0. The Morgan fingerprint density at radius 1 is 1.15 bits per heavy atom. The largest absolute Gasteiger partial charge is 0.324 e. The molecule has 1 N–H and O–H groups in total. The Balaban J connectivity index is 1.63. The monoisotopic (exact) mass is 471 g/mol. The first-order chi connectivity index (χ1) is 16.5. The molecule has 1 amide bonds. The van der Waals surface area contributed by atoms with E-state index >= 15 is 0 Å². The van der Waals surface area contributed by atoms with Crippen LogP contribution in [0.1, 0.15) is 54.3 Å². The molecule has 0 aliphatic heterocycles. The first kappa shape index (κ1) is 22.5. The summed E-state index contributed by atoms with van der Waals surface area (Å²) in [6.45, 7) is 5.90. The maximum atomic E-state index is 14.0. The lowest BCUT2D eigenvalue weighted by Gasteiger charge is -2.20. The highest BCUT2D eigenvalue weighted by molar-refractivity contribution is 7.18. The summed E-state index contributed by atoms with van der Waals surface area (Å²) in [5.74, 6) is 0.314. The van der Waals surface area contributed by atoms with Crippen molar-refractivity contribution < 1.29 is 4.79 Å². The molecule has 0 spiro atoms. The Hall–Kier alpha value is -3.25. The Morgan fingerprint density at radius 3 is 2.65 bits per heavy atom. The Kier molecular flexibility index (Phi) is 6.09. The standard InChI is InChI=1S/C28H29N3O2S/c1-4-19-12-14-21(15-13-19)29-26(32)18(3)31-25(20-9-7-8-17(2)16-20)30-27-24(28(31)33)22-10-5-6-11-23(22)34-27/h7-9,12-16,18H,4-6,10-11H2,1-3H3,(H,29,32). The number of fused-ring (bicyclic) bond motifs is 3. The van der Waals surface area contributed by atoms with Gasteiger partial charge in [0.25, 0.3) is 5.56 Å². The molecule has 1 unspecified atom stereocenters. The van der Waals surface area contributed by atoms with Crippen LogP contribution in [0.3, 0.4) is 0 Å². The van der Waals surface area contributed by atoms with Crippen molar-refractivity contribution in [3.05, 3.63) is 80.5 Å². The average Bonchev–Trinajstić information content (AvgIpc) is 3.23. The summed E-state index contributed by atoms with van der Waals surface area (Å²) in [5.41, 5.74) is 4.87. The molecule has 1 aliphatic rings. The molecule has 2 aromatic heterocycles. The van der Waals surface area contributed by atoms with Crippen LogP contribution in [0, 0.1) is 6.92 Å². The maximum absolute atomic E-state index is 14.0. The number of carbonyl (C=O) groups excluding carboxylic acids is 1. The summed E-state index contributed by atoms with van der Waals surface area (Å²) >= 11 is 1.64. The molecule has 174 valence electrons. The molecule has 0 saturated heterocycles. The van der Waals surface area contributed by atoms with Crippen LogP contribution in [0.2, 0.25) is 0 Å². The van der Waals surface area contributed by atoms with E-state index in [1.54, 1.807) is 22.8 Å². The fourth-order valence-electron chi connectivity index (χ4n) is 4.75. The van der Waals surface area contributed by atoms with Crippen molar-refractivity contribution in [2.24, 2.45) is 0 Å². The van der Waals surface area contributed by atoms with Crippen LogP contribution in [0.5, 0.6) is 0 Å². The third kappa shape index (κ3) is 4.07. The fraction of sp³-hybridized carbons (Fsp3) is 0.321. The topological polar surface area (TPSA) is 64.0 Å². The van der Waals surface area contributed by atoms with Crippen molar-refractivity contribution >= 4 is 33.1 Å². The maximum Gasteiger partial charge on any atom is 0.263 e. The molecule has 1 atom stereocenters. The third-order valence-corrected chi connectivity index (χ3v) is 7.88. The van der Waals surface area contributed by atoms with Gasteiger partial charge in [-0.3, -0.25) is 14.2 Å². The number of carbonyl (C=O) groups is 1. The highest BCUT2D eigenvalue weighted by Crippen LogP contribution is 2.35. The van der Waals surface area contributed by atoms with Gasteiger partial charge in [0.05, 0.1) is 5.39 Å². The van der Waals surface area contributed by atoms with Gasteiger partial charge in [0, 0.05) is 16.1 Å². The molecule has 0 bridgehead atoms. The minimum atomic E-state index is -0.718. The molecule has 2 aromatic carbocycles. The summed E-state index contributed by atoms with van der Waals surface area (Å²) in [6.07, 6.45) is 5.08. The zero-order valence-electron chi connectivity index (χ0n) is 19.9. The van der Waals surface area contributed by atoms with E-state index in [9.17, 15) is 9.59 Å². The summed E-state index contributed by atoms with van der Waals surface area (Å²) in [6, 6.07) is 15.1. The van der Waals surface area contributed by atoms with Gasteiger partial charge in [-0.25, -0.2) is 4.98 Å². The van der Waals surface area contributed by atoms with Gasteiger partial charge in [0.15, 0.2) is 0 Å². The van der Waals surface area contributed by atoms with Gasteiger partial charge < -0.3 is 5.32 Å². The number of thiophene rings is 1. The molecule has 0 fully saturated rings. The lowest BCUT2D eigenvalue weighted by Crippen LogP contribution is -2.33. The van der Waals surface area contributed by atoms with E-state index in [0.717, 1.165) is 59.3 Å². The van der Waals surface area contributed by atoms with E-state index in [1.807, 2.05) is 55.5 Å². The smallest absolute Gasteiger partial charge is 0.263 e. The van der Waals surface area contributed by atoms with Crippen LogP contribution in [0.15, 0.2) is 53.3 Å². The number of amides is 1. The number of hydrogen-bond acceptors (Lipinski definition) is 4. The average molecular weight is 472 g/mol. The van der Waals surface area contributed by atoms with Crippen molar-refractivity contribution in [2.75, 3.05) is 5.32 Å². The van der Waals surface area contributed by atoms with Crippen molar-refractivity contribution in [3.63, 3.8) is 0 Å². The summed E-state index contributed by atoms with van der Waals surface area (Å²) in [7, 11) is 0. The van der Waals surface area contributed by atoms with Crippen molar-refractivity contribution in [1.82, 2.24) is 9.55 Å². The Morgan fingerprint density at radius 2 is 1.91 bits per heavy atom. The highest BCUT2D eigenvalue weighted by atomic mass is 32.1. The normalized spacial score (nSPS) is 14.1. The van der Waals surface area contributed by atoms with Crippen molar-refractivity contribution in [3.8, 4) is 11.4 Å². The molecule has 2 heterocycles. The van der Waals surface area contributed by atoms with E-state index in [1.165, 1.54) is 10.4 Å². The Bertz CT molecular complexity index is 1430. The molecule has 0 saturated carbocycles. The number of anilines is 1. The molecule has 6 heteroatoms. The number of hydrogen-bond donors (Lipinski definition) is 1. The van der Waals surface area contributed by atoms with Crippen LogP contribution < -0.4 is 10.9 Å². The SMILES string of the molecule is CCc1ccc(NC(=O)C(C)n2c(-c3cccc(C)c3)nc3sc4c(c3c2=O)CCCC4)cc1. The zero-order valence-corrected chi connectivity index (χ0v) is 20.7. The molecule has 4 aromatic rings. The van der Waals surface area contributed by atoms with Crippen molar-refractivity contribution in [2.45, 2.75) is 58.9 Å². The van der Waals surface area contributed by atoms with Crippen LogP contribution >= 0.6 is 11.3 Å². The number of benzene rings is 2. The minimum absolute atomic E-state index is 0.120. The molecule has 34 heavy (non-hydrogen) atoms. The second-order valence-corrected chi connectivity index (χ2v) is 10.2. The number of aryl methyl sites for hydroxylation is 4. The zero-order chi connectivity index (χ0) is 23.8. The van der Waals surface area contributed by atoms with E-state index in [0.29, 0.717) is 11.2 Å². The molecular formula is C28H29N3O2S. The number of aromatic nitrogens is 2. The summed E-state index contributed by atoms with van der Waals surface area (Å²) < 4.78 is 1.59. The van der Waals surface area contributed by atoms with Gasteiger partial charge >= 0.3 is 0 Å². The number of rotatable bonds is 5. The number of nitrogens with zero attached hydrogens (tertiary/aromatic N) is 2. The molecule has 1 aliphatic carbocycles. The van der Waals surface area contributed by atoms with E-state index in [2.05, 4.69) is 12.2 Å². The van der Waals surface area contributed by atoms with Crippen LogP contribution in [0.25, 0.3) is 21.6 Å². The van der Waals surface area contributed by atoms with Crippen LogP contribution in [-0.2, 0) is 24.1 Å². The summed E-state index contributed by atoms with van der Waals surface area (Å²) in [4.78, 5) is 34.4. The molecule has 5 rings (SSSR count). The van der Waals surface area contributed by atoms with Crippen LogP contribution in [-0.4, -0.2) is 15.5 Å². The minimum Gasteiger partial charge on any atom is -0.324 e. The fourth-order valence-corrected chi connectivity index (χ4v) is 6.00. The number of nitrogens with one attached hydrogen (secondary N) is 1. The van der Waals surface area contributed by atoms with Gasteiger partial charge in [-0.05, 0) is 75.3 Å². The van der Waals surface area contributed by atoms with Crippen molar-refractivity contribution in [1.29, 1.82) is 0 Å². The quantitative estimate of drug-likeness (QED) is 0.384. The van der Waals surface area contributed by atoms with Gasteiger partial charge in [0.2, 0.25) is 5.91 Å². The summed E-state index contributed by atoms with van der Waals surface area (Å²) in [5, 5.41) is 3.69. The van der Waals surface area contributed by atoms with Gasteiger partial charge in [-0.15, -0.1) is 11.3 Å². The predicted octanol–water partition coefficient (Wildman–Crippen LogP) is 6.07. The van der Waals surface area contributed by atoms with Gasteiger partial charge in [-0.2, -0.15) is 0 Å². The highest BCUT2D eigenvalue weighted by Gasteiger charge is 2.27. The molecule has 5 nitrogen and oxygen atoms in total. The molecular weight excluding hydrogens is 442 g/mol. The second-order valence-electron chi connectivity index (χ2n) is 9.09. The van der Waals surface area contributed by atoms with E-state index in [-0.39, 0.29) is 11.5 Å². The Labute approximate surface area is 203 Å². The second kappa shape index (κ2) is 9.18. The van der Waals surface area contributed by atoms with E-state index in [4.69, 9.17) is 4.98 Å². The lowest BCUT2D eigenvalue weighted by atomic mass is 9.97. The third-order valence-electron chi connectivity index (χ3n) is 6.69. The van der Waals surface area contributed by atoms with Gasteiger partial charge in [-0.1, -0.05) is 42.8 Å². The first-order valence-corrected chi connectivity index (χ1v) is 12.8. The van der Waals surface area contributed by atoms with Gasteiger partial charge in [0.1, 0.15) is 16.7 Å². The predicted molar refractivity (Wildman–Crippen MR) is 140 cm³/mol. The van der Waals surface area contributed by atoms with E-state index < -0.39 is 6.04 Å². The lowest BCUT2D eigenvalue weighted by molar-refractivity contribution is -0.118. The molecule has 0 radical (unpaired) electrons. The van der Waals surface area contributed by atoms with Crippen LogP contribution in [0.4, 0.5) is 5.69 Å².